The van der Waals surface area contributed by atoms with E-state index in [4.69, 9.17) is 28.4 Å². The summed E-state index contributed by atoms with van der Waals surface area (Å²) in [6.07, 6.45) is -29.7. The zero-order chi connectivity index (χ0) is 38.1. The second kappa shape index (κ2) is 16.7. The van der Waals surface area contributed by atoms with E-state index in [9.17, 15) is 79.5 Å². The largest absolute Gasteiger partial charge is 0.479 e. The molecule has 3 fully saturated rings. The van der Waals surface area contributed by atoms with Gasteiger partial charge in [-0.15, -0.1) is 0 Å². The molecular formula is C21H38N2O24S3. The molecule has 0 aromatic rings. The highest BCUT2D eigenvalue weighted by Gasteiger charge is 2.57. The molecule has 3 saturated heterocycles. The zero-order valence-corrected chi connectivity index (χ0v) is 28.0. The highest BCUT2D eigenvalue weighted by atomic mass is 32.3. The Bertz CT molecular complexity index is 1480. The summed E-state index contributed by atoms with van der Waals surface area (Å²) in [5.41, 5.74) is 0. The number of carboxylic acid groups (broad SMARTS) is 1. The molecule has 3 rings (SSSR count). The number of aliphatic hydroxyl groups is 6. The first-order chi connectivity index (χ1) is 22.9. The van der Waals surface area contributed by atoms with Gasteiger partial charge in [0, 0.05) is 0 Å². The highest BCUT2D eigenvalue weighted by Crippen LogP contribution is 2.34. The summed E-state index contributed by atoms with van der Waals surface area (Å²) in [7, 11) is -16.0. The normalized spacial score (nSPS) is 40.5. The first kappa shape index (κ1) is 43.0. The second-order valence-corrected chi connectivity index (χ2v) is 14.7. The number of hydrogen-bond acceptors (Lipinski definition) is 20. The van der Waals surface area contributed by atoms with Crippen LogP contribution in [0, 0.1) is 0 Å². The Balaban J connectivity index is 2.03. The Kier molecular flexibility index (Phi) is 14.4. The third-order valence-corrected chi connectivity index (χ3v) is 8.89. The van der Waals surface area contributed by atoms with Crippen LogP contribution in [-0.2, 0) is 68.4 Å². The second-order valence-electron chi connectivity index (χ2n) is 11.3. The van der Waals surface area contributed by atoms with Crippen LogP contribution in [0.1, 0.15) is 13.8 Å². The molecule has 294 valence electrons. The molecule has 15 atom stereocenters. The summed E-state index contributed by atoms with van der Waals surface area (Å²) in [5, 5.41) is 72.4. The molecule has 0 radical (unpaired) electrons. The lowest BCUT2D eigenvalue weighted by Crippen LogP contribution is -2.70. The van der Waals surface area contributed by atoms with Gasteiger partial charge < -0.3 is 64.2 Å². The molecule has 0 aliphatic carbocycles. The zero-order valence-electron chi connectivity index (χ0n) is 25.6. The summed E-state index contributed by atoms with van der Waals surface area (Å²) >= 11 is 0. The minimum absolute atomic E-state index is 0.718. The molecule has 26 nitrogen and oxygen atoms in total. The molecule has 0 amide bonds. The molecule has 3 aliphatic heterocycles. The third-order valence-electron chi connectivity index (χ3n) is 7.29. The number of hydrogen-bond donors (Lipinski definition) is 12. The number of carboxylic acids is 1. The van der Waals surface area contributed by atoms with Gasteiger partial charge in [0.05, 0.1) is 19.3 Å². The topological polar surface area (TPSA) is 410 Å². The van der Waals surface area contributed by atoms with E-state index < -0.39 is 148 Å². The van der Waals surface area contributed by atoms with E-state index in [-0.39, 0.29) is 0 Å². The molecule has 0 aromatic heterocycles. The van der Waals surface area contributed by atoms with Gasteiger partial charge in [-0.3, -0.25) is 13.7 Å². The van der Waals surface area contributed by atoms with Gasteiger partial charge in [-0.25, -0.2) is 8.98 Å². The van der Waals surface area contributed by atoms with Crippen LogP contribution >= 0.6 is 0 Å². The van der Waals surface area contributed by atoms with Gasteiger partial charge in [0.25, 0.3) is 0 Å². The fourth-order valence-corrected chi connectivity index (χ4v) is 6.93. The molecule has 12 N–H and O–H groups in total. The van der Waals surface area contributed by atoms with Crippen LogP contribution in [0.5, 0.6) is 0 Å². The van der Waals surface area contributed by atoms with Crippen molar-refractivity contribution in [3.63, 3.8) is 0 Å². The van der Waals surface area contributed by atoms with E-state index in [1.54, 1.807) is 4.72 Å². The van der Waals surface area contributed by atoms with Crippen molar-refractivity contribution in [2.45, 2.75) is 112 Å². The molecular weight excluding hydrogens is 760 g/mol. The molecule has 3 aliphatic rings. The summed E-state index contributed by atoms with van der Waals surface area (Å²) in [4.78, 5) is 12.3. The first-order valence-electron chi connectivity index (χ1n) is 14.1. The van der Waals surface area contributed by atoms with Crippen LogP contribution in [0.2, 0.25) is 0 Å². The lowest BCUT2D eigenvalue weighted by molar-refractivity contribution is -0.360. The van der Waals surface area contributed by atoms with E-state index >= 15 is 0 Å². The standard InChI is InChI=1S/C21H38N2O24S3/c1-5(2)41-19-9(23-49(35,36)37)12(28)14(7(4-25)43-19)44-21-16(47-50(38,39)40)13(29)15(17(46-21)18(30)31)45-20-8(22-48(32,33)34)11(27)10(26)6(3-24)42-20/h5-17,19-29H,3-4H2,1-2H3,(H,30,31)(H,32,33,34)(H,35,36,37)(H,38,39,40)/t6-,7-,8-,9-,10-,11-,12-,13+,14-,15+,16-,17+,19+,20-,21-/m1/s1. The molecule has 0 aromatic carbocycles. The van der Waals surface area contributed by atoms with Crippen LogP contribution in [0.4, 0.5) is 0 Å². The van der Waals surface area contributed by atoms with Crippen molar-refractivity contribution in [2.24, 2.45) is 0 Å². The van der Waals surface area contributed by atoms with Crippen molar-refractivity contribution < 1.29 is 112 Å². The average Bonchev–Trinajstić information content (AvgIpc) is 2.96. The van der Waals surface area contributed by atoms with Crippen LogP contribution < -0.4 is 9.44 Å². The number of aliphatic carboxylic acids is 1. The molecule has 0 bridgehead atoms. The molecule has 50 heavy (non-hydrogen) atoms. The first-order valence-corrected chi connectivity index (χ1v) is 18.4. The van der Waals surface area contributed by atoms with Gasteiger partial charge >= 0.3 is 37.0 Å². The van der Waals surface area contributed by atoms with E-state index in [1.807, 2.05) is 0 Å². The van der Waals surface area contributed by atoms with Crippen LogP contribution in [-0.4, -0.2) is 192 Å². The Morgan fingerprint density at radius 1 is 0.680 bits per heavy atom. The third kappa shape index (κ3) is 11.1. The van der Waals surface area contributed by atoms with Gasteiger partial charge in [-0.05, 0) is 13.8 Å². The molecule has 0 saturated carbocycles. The van der Waals surface area contributed by atoms with Crippen LogP contribution in [0.25, 0.3) is 0 Å². The maximum absolute atomic E-state index is 12.3. The highest BCUT2D eigenvalue weighted by molar-refractivity contribution is 7.84. The number of aliphatic hydroxyl groups excluding tert-OH is 6. The summed E-state index contributed by atoms with van der Waals surface area (Å²) in [6, 6.07) is -4.16. The summed E-state index contributed by atoms with van der Waals surface area (Å²) < 4.78 is 138. The minimum Gasteiger partial charge on any atom is -0.479 e. The van der Waals surface area contributed by atoms with Crippen LogP contribution in [0.15, 0.2) is 0 Å². The van der Waals surface area contributed by atoms with E-state index in [2.05, 4.69) is 4.18 Å². The van der Waals surface area contributed by atoms with E-state index in [1.165, 1.54) is 18.6 Å². The maximum Gasteiger partial charge on any atom is 0.397 e. The molecule has 0 unspecified atom stereocenters. The van der Waals surface area contributed by atoms with Gasteiger partial charge in [0.2, 0.25) is 0 Å². The van der Waals surface area contributed by atoms with Gasteiger partial charge in [-0.2, -0.15) is 34.7 Å². The number of carbonyl (C=O) groups is 1. The Morgan fingerprint density at radius 2 is 1.18 bits per heavy atom. The lowest BCUT2D eigenvalue weighted by Gasteiger charge is -2.48. The molecule has 0 spiro atoms. The van der Waals surface area contributed by atoms with E-state index in [0.29, 0.717) is 0 Å². The van der Waals surface area contributed by atoms with Crippen molar-refractivity contribution in [3.05, 3.63) is 0 Å². The van der Waals surface area contributed by atoms with Crippen molar-refractivity contribution in [1.82, 2.24) is 9.44 Å². The minimum atomic E-state index is -5.65. The van der Waals surface area contributed by atoms with Crippen molar-refractivity contribution >= 4 is 37.0 Å². The smallest absolute Gasteiger partial charge is 0.397 e. The van der Waals surface area contributed by atoms with Crippen LogP contribution in [0.3, 0.4) is 0 Å². The number of nitrogens with one attached hydrogen (secondary N) is 2. The number of ether oxygens (including phenoxy) is 6. The monoisotopic (exact) mass is 798 g/mol. The summed E-state index contributed by atoms with van der Waals surface area (Å²) in [5.74, 6) is -2.04. The predicted molar refractivity (Wildman–Crippen MR) is 151 cm³/mol. The number of rotatable bonds is 15. The predicted octanol–water partition coefficient (Wildman–Crippen LogP) is -7.42. The fourth-order valence-electron chi connectivity index (χ4n) is 5.25. The molecule has 3 heterocycles. The average molecular weight is 799 g/mol. The SMILES string of the molecule is CC(C)O[C@H]1O[C@H](CO)[C@@H](O[C@@H]2O[C@H](C(=O)O)[C@@H](O[C@H]3O[C@H](CO)[C@@H](O)[C@H](O)[C@H]3NS(=O)(=O)O)[C@H](O)[C@H]2OS(=O)(=O)O)[C@H](O)[C@H]1NS(=O)(=O)O. The van der Waals surface area contributed by atoms with Crippen molar-refractivity contribution in [3.8, 4) is 0 Å². The Labute approximate surface area is 283 Å². The van der Waals surface area contributed by atoms with Crippen molar-refractivity contribution in [1.29, 1.82) is 0 Å². The summed E-state index contributed by atoms with van der Waals surface area (Å²) in [6.45, 7) is 0.790. The van der Waals surface area contributed by atoms with Gasteiger partial charge in [0.15, 0.2) is 31.1 Å². The Morgan fingerprint density at radius 3 is 1.64 bits per heavy atom. The lowest BCUT2D eigenvalue weighted by atomic mass is 9.95. The van der Waals surface area contributed by atoms with E-state index in [0.717, 1.165) is 0 Å². The Hall–Kier alpha value is -1.40. The molecule has 29 heteroatoms. The maximum atomic E-state index is 12.3. The van der Waals surface area contributed by atoms with Gasteiger partial charge in [-0.1, -0.05) is 0 Å². The van der Waals surface area contributed by atoms with Gasteiger partial charge in [0.1, 0.15) is 60.9 Å². The van der Waals surface area contributed by atoms with Crippen molar-refractivity contribution in [2.75, 3.05) is 13.2 Å². The quantitative estimate of drug-likeness (QED) is 0.0685. The fraction of sp³-hybridized carbons (Fsp3) is 0.952.